The third-order valence-electron chi connectivity index (χ3n) is 4.40. The Morgan fingerprint density at radius 2 is 1.90 bits per heavy atom. The zero-order valence-electron chi connectivity index (χ0n) is 13.7. The zero-order valence-corrected chi connectivity index (χ0v) is 13.7. The van der Waals surface area contributed by atoms with E-state index in [1.807, 2.05) is 32.5 Å². The van der Waals surface area contributed by atoms with Crippen LogP contribution in [-0.4, -0.2) is 46.9 Å². The number of rotatable bonds is 3. The molecule has 118 valence electrons. The van der Waals surface area contributed by atoms with E-state index in [1.54, 1.807) is 0 Å². The molecule has 2 N–H and O–H groups in total. The summed E-state index contributed by atoms with van der Waals surface area (Å²) in [4.78, 5) is 14.4. The lowest BCUT2D eigenvalue weighted by molar-refractivity contribution is 0.212. The zero-order chi connectivity index (χ0) is 15.6. The summed E-state index contributed by atoms with van der Waals surface area (Å²) >= 11 is 0. The lowest BCUT2D eigenvalue weighted by Gasteiger charge is -2.29. The first-order chi connectivity index (χ1) is 9.88. The van der Waals surface area contributed by atoms with Gasteiger partial charge in [-0.2, -0.15) is 5.10 Å². The van der Waals surface area contributed by atoms with E-state index in [9.17, 15) is 4.79 Å². The molecule has 6 nitrogen and oxygen atoms in total. The highest BCUT2D eigenvalue weighted by Crippen LogP contribution is 2.20. The van der Waals surface area contributed by atoms with Crippen LogP contribution in [0.3, 0.4) is 0 Å². The average Bonchev–Trinajstić information content (AvgIpc) is 2.66. The van der Waals surface area contributed by atoms with Crippen molar-refractivity contribution < 1.29 is 4.79 Å². The molecule has 2 rings (SSSR count). The van der Waals surface area contributed by atoms with Gasteiger partial charge in [0.25, 0.3) is 0 Å². The molecule has 1 aliphatic rings. The number of urea groups is 1. The van der Waals surface area contributed by atoms with E-state index in [0.717, 1.165) is 42.9 Å². The Morgan fingerprint density at radius 1 is 1.29 bits per heavy atom. The van der Waals surface area contributed by atoms with Gasteiger partial charge in [0.2, 0.25) is 0 Å². The number of aromatic nitrogens is 2. The maximum absolute atomic E-state index is 12.1. The Labute approximate surface area is 126 Å². The summed E-state index contributed by atoms with van der Waals surface area (Å²) in [6.45, 7) is 8.10. The summed E-state index contributed by atoms with van der Waals surface area (Å²) in [7, 11) is 4.05. The van der Waals surface area contributed by atoms with E-state index in [-0.39, 0.29) is 18.1 Å². The highest BCUT2D eigenvalue weighted by atomic mass is 16.2. The van der Waals surface area contributed by atoms with E-state index in [2.05, 4.69) is 27.7 Å². The Kier molecular flexibility index (Phi) is 4.88. The molecular weight excluding hydrogens is 266 g/mol. The molecule has 1 aliphatic heterocycles. The van der Waals surface area contributed by atoms with Crippen LogP contribution in [0.1, 0.15) is 42.8 Å². The molecule has 0 radical (unpaired) electrons. The summed E-state index contributed by atoms with van der Waals surface area (Å²) < 4.78 is 1.86. The molecule has 1 unspecified atom stereocenters. The average molecular weight is 293 g/mol. The van der Waals surface area contributed by atoms with Gasteiger partial charge in [0.05, 0.1) is 11.7 Å². The number of amides is 2. The molecule has 0 bridgehead atoms. The van der Waals surface area contributed by atoms with Crippen molar-refractivity contribution in [3.05, 3.63) is 17.0 Å². The Morgan fingerprint density at radius 3 is 2.43 bits per heavy atom. The van der Waals surface area contributed by atoms with Crippen LogP contribution in [0.25, 0.3) is 0 Å². The van der Waals surface area contributed by atoms with Gasteiger partial charge in [-0.3, -0.25) is 4.68 Å². The molecule has 1 atom stereocenters. The fourth-order valence-electron chi connectivity index (χ4n) is 3.07. The predicted molar refractivity (Wildman–Crippen MR) is 83.3 cm³/mol. The number of hydrogen-bond donors (Lipinski definition) is 2. The second-order valence-corrected chi connectivity index (χ2v) is 6.13. The summed E-state index contributed by atoms with van der Waals surface area (Å²) in [5.74, 6) is 0. The third-order valence-corrected chi connectivity index (χ3v) is 4.40. The number of aryl methyl sites for hydroxylation is 2. The van der Waals surface area contributed by atoms with Crippen LogP contribution in [0.4, 0.5) is 4.79 Å². The smallest absolute Gasteiger partial charge is 0.315 e. The molecule has 0 aliphatic carbocycles. The number of hydrogen-bond acceptors (Lipinski definition) is 3. The molecule has 0 spiro atoms. The second-order valence-electron chi connectivity index (χ2n) is 6.13. The molecular formula is C15H27N5O. The monoisotopic (exact) mass is 293 g/mol. The summed E-state index contributed by atoms with van der Waals surface area (Å²) in [5.41, 5.74) is 3.18. The van der Waals surface area contributed by atoms with Gasteiger partial charge in [-0.05, 0) is 53.8 Å². The van der Waals surface area contributed by atoms with Gasteiger partial charge in [-0.15, -0.1) is 0 Å². The molecule has 1 fully saturated rings. The lowest BCUT2D eigenvalue weighted by atomic mass is 10.1. The van der Waals surface area contributed by atoms with Crippen LogP contribution in [-0.2, 0) is 7.05 Å². The number of nitrogens with one attached hydrogen (secondary N) is 2. The topological polar surface area (TPSA) is 62.2 Å². The molecule has 21 heavy (non-hydrogen) atoms. The predicted octanol–water partition coefficient (Wildman–Crippen LogP) is 1.49. The molecule has 0 aromatic carbocycles. The SMILES string of the molecule is Cc1nn(C)c(C)c1C(C)NC(=O)NC1CCN(C)CC1. The van der Waals surface area contributed by atoms with Crippen molar-refractivity contribution >= 4 is 6.03 Å². The van der Waals surface area contributed by atoms with Crippen LogP contribution in [0.5, 0.6) is 0 Å². The number of piperidine rings is 1. The van der Waals surface area contributed by atoms with Gasteiger partial charge >= 0.3 is 6.03 Å². The van der Waals surface area contributed by atoms with E-state index in [4.69, 9.17) is 0 Å². The number of likely N-dealkylation sites (tertiary alicyclic amines) is 1. The minimum Gasteiger partial charge on any atom is -0.335 e. The number of carbonyl (C=O) groups is 1. The van der Waals surface area contributed by atoms with Gasteiger partial charge in [0, 0.05) is 24.3 Å². The molecule has 1 aromatic rings. The van der Waals surface area contributed by atoms with Gasteiger partial charge in [-0.25, -0.2) is 4.79 Å². The molecule has 2 amide bonds. The van der Waals surface area contributed by atoms with E-state index < -0.39 is 0 Å². The third kappa shape index (κ3) is 3.75. The summed E-state index contributed by atoms with van der Waals surface area (Å²) in [6, 6.07) is 0.161. The van der Waals surface area contributed by atoms with E-state index in [0.29, 0.717) is 0 Å². The Hall–Kier alpha value is -1.56. The van der Waals surface area contributed by atoms with Gasteiger partial charge < -0.3 is 15.5 Å². The van der Waals surface area contributed by atoms with Crippen molar-refractivity contribution in [3.63, 3.8) is 0 Å². The molecule has 0 saturated carbocycles. The maximum Gasteiger partial charge on any atom is 0.315 e. The standard InChI is InChI=1S/C15H27N5O/c1-10(14-11(2)18-20(5)12(14)3)16-15(21)17-13-6-8-19(4)9-7-13/h10,13H,6-9H2,1-5H3,(H2,16,17,21). The molecule has 6 heteroatoms. The number of carbonyl (C=O) groups excluding carboxylic acids is 1. The fraction of sp³-hybridized carbons (Fsp3) is 0.733. The Balaban J connectivity index is 1.90. The van der Waals surface area contributed by atoms with Crippen LogP contribution in [0.15, 0.2) is 0 Å². The molecule has 1 saturated heterocycles. The van der Waals surface area contributed by atoms with Crippen LogP contribution in [0.2, 0.25) is 0 Å². The van der Waals surface area contributed by atoms with Crippen LogP contribution in [0, 0.1) is 13.8 Å². The first-order valence-corrected chi connectivity index (χ1v) is 7.64. The molecule has 2 heterocycles. The van der Waals surface area contributed by atoms with Crippen molar-refractivity contribution in [2.24, 2.45) is 7.05 Å². The van der Waals surface area contributed by atoms with Gasteiger partial charge in [-0.1, -0.05) is 0 Å². The first kappa shape index (κ1) is 15.8. The lowest BCUT2D eigenvalue weighted by Crippen LogP contribution is -2.47. The second kappa shape index (κ2) is 6.47. The van der Waals surface area contributed by atoms with Crippen LogP contribution < -0.4 is 10.6 Å². The van der Waals surface area contributed by atoms with Crippen molar-refractivity contribution in [1.29, 1.82) is 0 Å². The fourth-order valence-corrected chi connectivity index (χ4v) is 3.07. The normalized spacial score (nSPS) is 18.5. The summed E-state index contributed by atoms with van der Waals surface area (Å²) in [6.07, 6.45) is 2.03. The van der Waals surface area contributed by atoms with Crippen molar-refractivity contribution in [3.8, 4) is 0 Å². The van der Waals surface area contributed by atoms with Crippen molar-refractivity contribution in [2.45, 2.75) is 45.7 Å². The highest BCUT2D eigenvalue weighted by molar-refractivity contribution is 5.74. The first-order valence-electron chi connectivity index (χ1n) is 7.64. The van der Waals surface area contributed by atoms with Crippen molar-refractivity contribution in [2.75, 3.05) is 20.1 Å². The van der Waals surface area contributed by atoms with E-state index in [1.165, 1.54) is 0 Å². The molecule has 1 aromatic heterocycles. The maximum atomic E-state index is 12.1. The van der Waals surface area contributed by atoms with Gasteiger partial charge in [0.1, 0.15) is 0 Å². The quantitative estimate of drug-likeness (QED) is 0.887. The minimum atomic E-state index is -0.0836. The largest absolute Gasteiger partial charge is 0.335 e. The minimum absolute atomic E-state index is 0.0371. The van der Waals surface area contributed by atoms with Gasteiger partial charge in [0.15, 0.2) is 0 Å². The number of nitrogens with zero attached hydrogens (tertiary/aromatic N) is 3. The summed E-state index contributed by atoms with van der Waals surface area (Å²) in [5, 5.41) is 10.5. The Bertz CT molecular complexity index is 502. The van der Waals surface area contributed by atoms with Crippen LogP contribution >= 0.6 is 0 Å². The van der Waals surface area contributed by atoms with Crippen molar-refractivity contribution in [1.82, 2.24) is 25.3 Å². The highest BCUT2D eigenvalue weighted by Gasteiger charge is 2.21. The van der Waals surface area contributed by atoms with E-state index >= 15 is 0 Å².